The molecule has 3 nitrogen and oxygen atoms in total. The molecule has 1 atom stereocenters. The largest absolute Gasteiger partial charge is 0.314 e. The van der Waals surface area contributed by atoms with Gasteiger partial charge >= 0.3 is 0 Å². The van der Waals surface area contributed by atoms with Crippen molar-refractivity contribution in [3.63, 3.8) is 0 Å². The second-order valence-electron chi connectivity index (χ2n) is 5.18. The Morgan fingerprint density at radius 2 is 1.93 bits per heavy atom. The molecule has 0 saturated carbocycles. The summed E-state index contributed by atoms with van der Waals surface area (Å²) in [5.41, 5.74) is 0. The highest BCUT2D eigenvalue weighted by Gasteiger charge is 2.28. The van der Waals surface area contributed by atoms with Crippen molar-refractivity contribution in [1.82, 2.24) is 15.1 Å². The minimum absolute atomic E-state index is 0.723. The summed E-state index contributed by atoms with van der Waals surface area (Å²) in [7, 11) is 0. The minimum Gasteiger partial charge on any atom is -0.314 e. The number of nitrogens with one attached hydrogen (secondary N) is 1. The van der Waals surface area contributed by atoms with Crippen LogP contribution in [0.1, 0.15) is 26.7 Å². The molecule has 0 aromatic rings. The lowest BCUT2D eigenvalue weighted by Gasteiger charge is -2.34. The van der Waals surface area contributed by atoms with Crippen LogP contribution >= 0.6 is 0 Å². The van der Waals surface area contributed by atoms with Gasteiger partial charge in [-0.15, -0.1) is 0 Å². The topological polar surface area (TPSA) is 18.5 Å². The van der Waals surface area contributed by atoms with Crippen LogP contribution in [-0.4, -0.2) is 61.2 Å². The van der Waals surface area contributed by atoms with Gasteiger partial charge in [-0.2, -0.15) is 0 Å². The first kappa shape index (κ1) is 11.4. The molecule has 2 aliphatic rings. The van der Waals surface area contributed by atoms with Gasteiger partial charge in [0.1, 0.15) is 0 Å². The van der Waals surface area contributed by atoms with Crippen molar-refractivity contribution in [1.29, 1.82) is 0 Å². The Hall–Kier alpha value is -0.120. The average molecular weight is 211 g/mol. The quantitative estimate of drug-likeness (QED) is 0.744. The third-order valence-corrected chi connectivity index (χ3v) is 3.76. The summed E-state index contributed by atoms with van der Waals surface area (Å²) in [6.07, 6.45) is 2.80. The number of hydrogen-bond acceptors (Lipinski definition) is 3. The van der Waals surface area contributed by atoms with E-state index in [0.29, 0.717) is 0 Å². The molecule has 1 N–H and O–H groups in total. The zero-order valence-electron chi connectivity index (χ0n) is 10.2. The SMILES string of the molecule is CC(C)N1CCCC1CN1CCNCC1. The van der Waals surface area contributed by atoms with Gasteiger partial charge in [0.2, 0.25) is 0 Å². The zero-order chi connectivity index (χ0) is 10.7. The van der Waals surface area contributed by atoms with E-state index in [9.17, 15) is 0 Å². The van der Waals surface area contributed by atoms with E-state index in [2.05, 4.69) is 29.0 Å². The van der Waals surface area contributed by atoms with Gasteiger partial charge in [-0.25, -0.2) is 0 Å². The van der Waals surface area contributed by atoms with Gasteiger partial charge in [-0.3, -0.25) is 9.80 Å². The molecule has 2 rings (SSSR count). The van der Waals surface area contributed by atoms with Crippen molar-refractivity contribution >= 4 is 0 Å². The van der Waals surface area contributed by atoms with Crippen LogP contribution in [0.25, 0.3) is 0 Å². The van der Waals surface area contributed by atoms with Crippen molar-refractivity contribution in [2.75, 3.05) is 39.3 Å². The van der Waals surface area contributed by atoms with Crippen molar-refractivity contribution < 1.29 is 0 Å². The summed E-state index contributed by atoms with van der Waals surface area (Å²) in [6, 6.07) is 1.54. The van der Waals surface area contributed by atoms with Gasteiger partial charge in [0.25, 0.3) is 0 Å². The summed E-state index contributed by atoms with van der Waals surface area (Å²) in [4.78, 5) is 5.31. The molecule has 3 heteroatoms. The predicted octanol–water partition coefficient (Wildman–Crippen LogP) is 0.764. The summed E-state index contributed by atoms with van der Waals surface area (Å²) < 4.78 is 0. The van der Waals surface area contributed by atoms with Gasteiger partial charge in [0, 0.05) is 44.8 Å². The standard InChI is InChI=1S/C12H25N3/c1-11(2)15-7-3-4-12(15)10-14-8-5-13-6-9-14/h11-13H,3-10H2,1-2H3. The monoisotopic (exact) mass is 211 g/mol. The van der Waals surface area contributed by atoms with Crippen LogP contribution in [0.2, 0.25) is 0 Å². The van der Waals surface area contributed by atoms with Crippen LogP contribution in [-0.2, 0) is 0 Å². The predicted molar refractivity (Wildman–Crippen MR) is 64.2 cm³/mol. The highest BCUT2D eigenvalue weighted by Crippen LogP contribution is 2.20. The Morgan fingerprint density at radius 1 is 1.20 bits per heavy atom. The highest BCUT2D eigenvalue weighted by molar-refractivity contribution is 4.85. The maximum Gasteiger partial charge on any atom is 0.0226 e. The second kappa shape index (κ2) is 5.28. The van der Waals surface area contributed by atoms with E-state index in [1.165, 1.54) is 52.1 Å². The maximum absolute atomic E-state index is 3.42. The molecule has 0 aromatic heterocycles. The zero-order valence-corrected chi connectivity index (χ0v) is 10.2. The van der Waals surface area contributed by atoms with Crippen LogP contribution in [0.3, 0.4) is 0 Å². The fourth-order valence-electron chi connectivity index (χ4n) is 2.93. The van der Waals surface area contributed by atoms with Crippen molar-refractivity contribution in [2.24, 2.45) is 0 Å². The smallest absolute Gasteiger partial charge is 0.0226 e. The van der Waals surface area contributed by atoms with Gasteiger partial charge in [0.15, 0.2) is 0 Å². The molecule has 0 aromatic carbocycles. The molecule has 2 saturated heterocycles. The summed E-state index contributed by atoms with van der Waals surface area (Å²) in [5.74, 6) is 0. The normalized spacial score (nSPS) is 30.2. The molecule has 2 fully saturated rings. The third-order valence-electron chi connectivity index (χ3n) is 3.76. The lowest BCUT2D eigenvalue weighted by Crippen LogP contribution is -2.49. The third kappa shape index (κ3) is 2.92. The molecule has 0 amide bonds. The first-order valence-corrected chi connectivity index (χ1v) is 6.46. The molecular formula is C12H25N3. The summed E-state index contributed by atoms with van der Waals surface area (Å²) >= 11 is 0. The molecular weight excluding hydrogens is 186 g/mol. The average Bonchev–Trinajstić information content (AvgIpc) is 2.67. The molecule has 1 unspecified atom stereocenters. The van der Waals surface area contributed by atoms with Crippen LogP contribution < -0.4 is 5.32 Å². The van der Waals surface area contributed by atoms with E-state index in [-0.39, 0.29) is 0 Å². The summed E-state index contributed by atoms with van der Waals surface area (Å²) in [5, 5.41) is 3.42. The molecule has 0 bridgehead atoms. The van der Waals surface area contributed by atoms with E-state index in [0.717, 1.165) is 12.1 Å². The van der Waals surface area contributed by atoms with Crippen molar-refractivity contribution in [3.05, 3.63) is 0 Å². The van der Waals surface area contributed by atoms with E-state index in [1.54, 1.807) is 0 Å². The van der Waals surface area contributed by atoms with Gasteiger partial charge < -0.3 is 5.32 Å². The first-order chi connectivity index (χ1) is 7.27. The molecule has 88 valence electrons. The number of hydrogen-bond donors (Lipinski definition) is 1. The minimum atomic E-state index is 0.723. The Balaban J connectivity index is 1.81. The van der Waals surface area contributed by atoms with E-state index in [1.807, 2.05) is 0 Å². The Morgan fingerprint density at radius 3 is 2.60 bits per heavy atom. The fourth-order valence-corrected chi connectivity index (χ4v) is 2.93. The Kier molecular flexibility index (Phi) is 4.00. The lowest BCUT2D eigenvalue weighted by molar-refractivity contribution is 0.137. The van der Waals surface area contributed by atoms with Crippen LogP contribution in [0.15, 0.2) is 0 Å². The number of piperazine rings is 1. The second-order valence-corrected chi connectivity index (χ2v) is 5.18. The van der Waals surface area contributed by atoms with Gasteiger partial charge in [-0.05, 0) is 33.2 Å². The van der Waals surface area contributed by atoms with Crippen molar-refractivity contribution in [3.8, 4) is 0 Å². The number of likely N-dealkylation sites (tertiary alicyclic amines) is 1. The maximum atomic E-state index is 3.42. The Bertz CT molecular complexity index is 187. The molecule has 0 aliphatic carbocycles. The van der Waals surface area contributed by atoms with Crippen LogP contribution in [0.4, 0.5) is 0 Å². The number of rotatable bonds is 3. The van der Waals surface area contributed by atoms with E-state index in [4.69, 9.17) is 0 Å². The molecule has 2 heterocycles. The van der Waals surface area contributed by atoms with Crippen molar-refractivity contribution in [2.45, 2.75) is 38.8 Å². The molecule has 15 heavy (non-hydrogen) atoms. The van der Waals surface area contributed by atoms with E-state index >= 15 is 0 Å². The van der Waals surface area contributed by atoms with Gasteiger partial charge in [-0.1, -0.05) is 0 Å². The van der Waals surface area contributed by atoms with E-state index < -0.39 is 0 Å². The summed E-state index contributed by atoms with van der Waals surface area (Å²) in [6.45, 7) is 12.1. The lowest BCUT2D eigenvalue weighted by atomic mass is 10.1. The fraction of sp³-hybridized carbons (Fsp3) is 1.00. The highest BCUT2D eigenvalue weighted by atomic mass is 15.3. The van der Waals surface area contributed by atoms with Crippen LogP contribution in [0, 0.1) is 0 Å². The number of nitrogens with zero attached hydrogens (tertiary/aromatic N) is 2. The Labute approximate surface area is 93.8 Å². The molecule has 0 spiro atoms. The first-order valence-electron chi connectivity index (χ1n) is 6.46. The van der Waals surface area contributed by atoms with Gasteiger partial charge in [0.05, 0.1) is 0 Å². The molecule has 0 radical (unpaired) electrons. The van der Waals surface area contributed by atoms with Crippen LogP contribution in [0.5, 0.6) is 0 Å². The molecule has 2 aliphatic heterocycles.